The summed E-state index contributed by atoms with van der Waals surface area (Å²) in [6, 6.07) is 23.1. The molecule has 0 spiro atoms. The van der Waals surface area contributed by atoms with Gasteiger partial charge in [0.25, 0.3) is 0 Å². The van der Waals surface area contributed by atoms with Gasteiger partial charge in [-0.25, -0.2) is 4.79 Å². The van der Waals surface area contributed by atoms with E-state index in [-0.39, 0.29) is 11.7 Å². The van der Waals surface area contributed by atoms with E-state index in [1.54, 1.807) is 12.1 Å². The molecule has 0 amide bonds. The standard InChI is InChI=1S/C19H24N2O.C8H8O3/c1-3-20(4-2)13-15(22)14-21-18-11-7-5-9-16(18)17-10-6-8-12-19(17)21;1-11-7-4-2-6(3-5-7)8(9)10/h5-12,15,22H,3-4,13-14H2,1-2H3;2-5H,1H3,(H,9,10). The predicted octanol–water partition coefficient (Wildman–Crippen LogP) is 4.89. The summed E-state index contributed by atoms with van der Waals surface area (Å²) in [4.78, 5) is 12.6. The maximum atomic E-state index is 10.5. The highest BCUT2D eigenvalue weighted by Gasteiger charge is 2.14. The van der Waals surface area contributed by atoms with Crippen molar-refractivity contribution in [1.29, 1.82) is 0 Å². The fraction of sp³-hybridized carbons (Fsp3) is 0.296. The van der Waals surface area contributed by atoms with Crippen molar-refractivity contribution in [2.75, 3.05) is 26.7 Å². The minimum Gasteiger partial charge on any atom is -0.497 e. The van der Waals surface area contributed by atoms with Gasteiger partial charge in [-0.2, -0.15) is 0 Å². The lowest BCUT2D eigenvalue weighted by Gasteiger charge is -2.22. The van der Waals surface area contributed by atoms with Crippen LogP contribution in [0, 0.1) is 0 Å². The van der Waals surface area contributed by atoms with E-state index < -0.39 is 5.97 Å². The first-order valence-corrected chi connectivity index (χ1v) is 11.2. The van der Waals surface area contributed by atoms with Gasteiger partial charge in [0.2, 0.25) is 0 Å². The molecule has 6 nitrogen and oxygen atoms in total. The predicted molar refractivity (Wildman–Crippen MR) is 133 cm³/mol. The lowest BCUT2D eigenvalue weighted by molar-refractivity contribution is 0.0697. The number of nitrogens with zero attached hydrogens (tertiary/aromatic N) is 2. The molecule has 0 aliphatic carbocycles. The first-order chi connectivity index (χ1) is 16.0. The number of carbonyl (C=O) groups is 1. The van der Waals surface area contributed by atoms with Gasteiger partial charge >= 0.3 is 5.97 Å². The van der Waals surface area contributed by atoms with Crippen molar-refractivity contribution in [3.63, 3.8) is 0 Å². The fourth-order valence-electron chi connectivity index (χ4n) is 3.98. The van der Waals surface area contributed by atoms with Crippen LogP contribution in [0.15, 0.2) is 72.8 Å². The van der Waals surface area contributed by atoms with Crippen molar-refractivity contribution in [3.8, 4) is 5.75 Å². The Kier molecular flexibility index (Phi) is 8.46. The van der Waals surface area contributed by atoms with Crippen LogP contribution >= 0.6 is 0 Å². The molecule has 4 rings (SSSR count). The van der Waals surface area contributed by atoms with Gasteiger partial charge in [0.1, 0.15) is 5.75 Å². The van der Waals surface area contributed by atoms with E-state index in [0.29, 0.717) is 18.8 Å². The number of methoxy groups -OCH3 is 1. The minimum atomic E-state index is -0.923. The first-order valence-electron chi connectivity index (χ1n) is 11.2. The second-order valence-electron chi connectivity index (χ2n) is 7.82. The Labute approximate surface area is 194 Å². The van der Waals surface area contributed by atoms with Crippen molar-refractivity contribution >= 4 is 27.8 Å². The molecule has 2 N–H and O–H groups in total. The molecule has 3 aromatic carbocycles. The monoisotopic (exact) mass is 448 g/mol. The number of aromatic nitrogens is 1. The Hall–Kier alpha value is -3.35. The zero-order valence-corrected chi connectivity index (χ0v) is 19.4. The molecular formula is C27H32N2O4. The molecule has 1 aromatic heterocycles. The second-order valence-corrected chi connectivity index (χ2v) is 7.82. The van der Waals surface area contributed by atoms with Gasteiger partial charge in [0.15, 0.2) is 0 Å². The topological polar surface area (TPSA) is 74.9 Å². The molecule has 0 bridgehead atoms. The fourth-order valence-corrected chi connectivity index (χ4v) is 3.98. The number of rotatable bonds is 8. The molecule has 0 radical (unpaired) electrons. The number of carboxylic acids is 1. The average Bonchev–Trinajstić information content (AvgIpc) is 3.16. The second kappa shape index (κ2) is 11.5. The van der Waals surface area contributed by atoms with Crippen LogP contribution in [-0.2, 0) is 6.54 Å². The van der Waals surface area contributed by atoms with Gasteiger partial charge in [-0.3, -0.25) is 0 Å². The molecule has 1 heterocycles. The van der Waals surface area contributed by atoms with E-state index in [4.69, 9.17) is 9.84 Å². The quantitative estimate of drug-likeness (QED) is 0.401. The Bertz CT molecular complexity index is 1130. The summed E-state index contributed by atoms with van der Waals surface area (Å²) in [6.45, 7) is 7.56. The van der Waals surface area contributed by atoms with E-state index in [1.165, 1.54) is 41.0 Å². The molecule has 0 saturated heterocycles. The van der Waals surface area contributed by atoms with E-state index in [9.17, 15) is 9.90 Å². The molecule has 0 fully saturated rings. The maximum absolute atomic E-state index is 10.5. The van der Waals surface area contributed by atoms with Crippen molar-refractivity contribution in [2.24, 2.45) is 0 Å². The largest absolute Gasteiger partial charge is 0.497 e. The van der Waals surface area contributed by atoms with Crippen LogP contribution in [0.1, 0.15) is 24.2 Å². The van der Waals surface area contributed by atoms with Crippen molar-refractivity contribution in [2.45, 2.75) is 26.5 Å². The smallest absolute Gasteiger partial charge is 0.335 e. The molecule has 33 heavy (non-hydrogen) atoms. The molecule has 1 unspecified atom stereocenters. The lowest BCUT2D eigenvalue weighted by Crippen LogP contribution is -2.34. The summed E-state index contributed by atoms with van der Waals surface area (Å²) in [5.74, 6) is -0.261. The number of hydrogen-bond donors (Lipinski definition) is 2. The molecule has 0 saturated carbocycles. The number of hydrogen-bond acceptors (Lipinski definition) is 4. The van der Waals surface area contributed by atoms with Crippen LogP contribution in [0.25, 0.3) is 21.8 Å². The van der Waals surface area contributed by atoms with Crippen LogP contribution in [-0.4, -0.2) is 58.5 Å². The number of carboxylic acid groups (broad SMARTS) is 1. The van der Waals surface area contributed by atoms with Gasteiger partial charge in [0.05, 0.1) is 25.3 Å². The van der Waals surface area contributed by atoms with Crippen molar-refractivity contribution in [3.05, 3.63) is 78.4 Å². The zero-order chi connectivity index (χ0) is 23.8. The van der Waals surface area contributed by atoms with Gasteiger partial charge in [-0.05, 0) is 49.5 Å². The molecular weight excluding hydrogens is 416 g/mol. The molecule has 0 aliphatic rings. The molecule has 174 valence electrons. The summed E-state index contributed by atoms with van der Waals surface area (Å²) in [5, 5.41) is 21.5. The van der Waals surface area contributed by atoms with E-state index >= 15 is 0 Å². The normalized spacial score (nSPS) is 11.9. The van der Waals surface area contributed by atoms with Gasteiger partial charge < -0.3 is 24.4 Å². The average molecular weight is 449 g/mol. The Morgan fingerprint density at radius 2 is 1.42 bits per heavy atom. The van der Waals surface area contributed by atoms with Crippen LogP contribution in [0.2, 0.25) is 0 Å². The van der Waals surface area contributed by atoms with E-state index in [0.717, 1.165) is 13.1 Å². The van der Waals surface area contributed by atoms with Crippen LogP contribution < -0.4 is 4.74 Å². The number of aliphatic hydroxyl groups excluding tert-OH is 1. The third-order valence-electron chi connectivity index (χ3n) is 5.77. The first kappa shape index (κ1) is 24.3. The summed E-state index contributed by atoms with van der Waals surface area (Å²) < 4.78 is 7.10. The van der Waals surface area contributed by atoms with Crippen LogP contribution in [0.3, 0.4) is 0 Å². The third kappa shape index (κ3) is 5.92. The van der Waals surface area contributed by atoms with Gasteiger partial charge in [-0.1, -0.05) is 50.2 Å². The van der Waals surface area contributed by atoms with Crippen molar-refractivity contribution in [1.82, 2.24) is 9.47 Å². The Morgan fingerprint density at radius 3 is 1.88 bits per heavy atom. The minimum absolute atomic E-state index is 0.269. The number of aliphatic hydroxyl groups is 1. The Morgan fingerprint density at radius 1 is 0.909 bits per heavy atom. The summed E-state index contributed by atoms with van der Waals surface area (Å²) in [7, 11) is 1.54. The zero-order valence-electron chi connectivity index (χ0n) is 19.4. The Balaban J connectivity index is 0.000000235. The highest BCUT2D eigenvalue weighted by atomic mass is 16.5. The highest BCUT2D eigenvalue weighted by Crippen LogP contribution is 2.28. The molecule has 6 heteroatoms. The van der Waals surface area contributed by atoms with E-state index in [2.05, 4.69) is 71.8 Å². The van der Waals surface area contributed by atoms with Crippen LogP contribution in [0.5, 0.6) is 5.75 Å². The molecule has 1 atom stereocenters. The van der Waals surface area contributed by atoms with Crippen LogP contribution in [0.4, 0.5) is 0 Å². The number of fused-ring (bicyclic) bond motifs is 3. The number of ether oxygens (including phenoxy) is 1. The number of likely N-dealkylation sites (N-methyl/N-ethyl adjacent to an activating group) is 1. The SMILES string of the molecule is CCN(CC)CC(O)Cn1c2ccccc2c2ccccc21.COc1ccc(C(=O)O)cc1. The van der Waals surface area contributed by atoms with E-state index in [1.807, 2.05) is 0 Å². The summed E-state index contributed by atoms with van der Waals surface area (Å²) in [5.41, 5.74) is 2.66. The third-order valence-corrected chi connectivity index (χ3v) is 5.77. The maximum Gasteiger partial charge on any atom is 0.335 e. The highest BCUT2D eigenvalue weighted by molar-refractivity contribution is 6.07. The molecule has 4 aromatic rings. The number of para-hydroxylation sites is 2. The van der Waals surface area contributed by atoms with Gasteiger partial charge in [-0.15, -0.1) is 0 Å². The summed E-state index contributed by atoms with van der Waals surface area (Å²) in [6.07, 6.45) is -0.362. The lowest BCUT2D eigenvalue weighted by atomic mass is 10.2. The van der Waals surface area contributed by atoms with Gasteiger partial charge in [0, 0.05) is 28.4 Å². The molecule has 0 aliphatic heterocycles. The van der Waals surface area contributed by atoms with Crippen molar-refractivity contribution < 1.29 is 19.7 Å². The summed E-state index contributed by atoms with van der Waals surface area (Å²) >= 11 is 0. The number of benzene rings is 3. The number of aromatic carboxylic acids is 1.